The molecule has 2 aromatic heterocycles. The van der Waals surface area contributed by atoms with Crippen LogP contribution in [0.15, 0.2) is 60.8 Å². The molecule has 3 aromatic rings. The van der Waals surface area contributed by atoms with Crippen molar-refractivity contribution in [3.63, 3.8) is 0 Å². The van der Waals surface area contributed by atoms with Gasteiger partial charge in [0.15, 0.2) is 11.6 Å². The van der Waals surface area contributed by atoms with Gasteiger partial charge in [-0.3, -0.25) is 0 Å². The third kappa shape index (κ3) is 4.92. The minimum absolute atomic E-state index is 0.0288. The van der Waals surface area contributed by atoms with Gasteiger partial charge in [-0.1, -0.05) is 36.4 Å². The zero-order chi connectivity index (χ0) is 21.0. The van der Waals surface area contributed by atoms with Crippen LogP contribution in [0.2, 0.25) is 0 Å². The standard InChI is InChI=1S/C21H24N6O2S/c1-17-7-8-19(22-15-17)23-20-9-10-21(25-24-20)26-11-13-27(14-12-26)30(28,29)16-18-5-3-2-4-6-18/h2-10,15H,11-14,16H2,1H3,(H,22,23,24). The fourth-order valence-electron chi connectivity index (χ4n) is 3.31. The van der Waals surface area contributed by atoms with Gasteiger partial charge < -0.3 is 10.2 Å². The van der Waals surface area contributed by atoms with E-state index in [1.807, 2.05) is 61.5 Å². The average molecular weight is 425 g/mol. The van der Waals surface area contributed by atoms with Gasteiger partial charge in [-0.25, -0.2) is 13.4 Å². The zero-order valence-electron chi connectivity index (χ0n) is 16.8. The quantitative estimate of drug-likeness (QED) is 0.650. The van der Waals surface area contributed by atoms with Gasteiger partial charge in [0.25, 0.3) is 0 Å². The van der Waals surface area contributed by atoms with E-state index in [1.54, 1.807) is 10.5 Å². The van der Waals surface area contributed by atoms with Crippen LogP contribution in [0.5, 0.6) is 0 Å². The largest absolute Gasteiger partial charge is 0.352 e. The number of aromatic nitrogens is 3. The lowest BCUT2D eigenvalue weighted by molar-refractivity contribution is 0.383. The minimum Gasteiger partial charge on any atom is -0.352 e. The summed E-state index contributed by atoms with van der Waals surface area (Å²) < 4.78 is 27.0. The third-order valence-electron chi connectivity index (χ3n) is 4.97. The number of pyridine rings is 1. The predicted octanol–water partition coefficient (Wildman–Crippen LogP) is 2.58. The van der Waals surface area contributed by atoms with E-state index >= 15 is 0 Å². The van der Waals surface area contributed by atoms with Crippen molar-refractivity contribution in [3.8, 4) is 0 Å². The molecule has 4 rings (SSSR count). The summed E-state index contributed by atoms with van der Waals surface area (Å²) in [6.07, 6.45) is 1.79. The van der Waals surface area contributed by atoms with Crippen LogP contribution in [0.1, 0.15) is 11.1 Å². The smallest absolute Gasteiger partial charge is 0.218 e. The fraction of sp³-hybridized carbons (Fsp3) is 0.286. The van der Waals surface area contributed by atoms with Gasteiger partial charge in [-0.05, 0) is 36.2 Å². The van der Waals surface area contributed by atoms with Gasteiger partial charge in [0.1, 0.15) is 5.82 Å². The number of sulfonamides is 1. The van der Waals surface area contributed by atoms with Gasteiger partial charge in [0.2, 0.25) is 10.0 Å². The number of aryl methyl sites for hydroxylation is 1. The lowest BCUT2D eigenvalue weighted by atomic mass is 10.2. The Hall–Kier alpha value is -3.04. The molecule has 9 heteroatoms. The SMILES string of the molecule is Cc1ccc(Nc2ccc(N3CCN(S(=O)(=O)Cc4ccccc4)CC3)nn2)nc1. The molecule has 0 unspecified atom stereocenters. The third-order valence-corrected chi connectivity index (χ3v) is 6.82. The summed E-state index contributed by atoms with van der Waals surface area (Å²) in [5, 5.41) is 11.6. The van der Waals surface area contributed by atoms with Crippen molar-refractivity contribution in [2.45, 2.75) is 12.7 Å². The topological polar surface area (TPSA) is 91.3 Å². The highest BCUT2D eigenvalue weighted by atomic mass is 32.2. The highest BCUT2D eigenvalue weighted by molar-refractivity contribution is 7.88. The number of nitrogens with zero attached hydrogens (tertiary/aromatic N) is 5. The highest BCUT2D eigenvalue weighted by Crippen LogP contribution is 2.19. The van der Waals surface area contributed by atoms with E-state index in [0.29, 0.717) is 37.8 Å². The van der Waals surface area contributed by atoms with Crippen LogP contribution in [0.3, 0.4) is 0 Å². The number of rotatable bonds is 6. The van der Waals surface area contributed by atoms with Gasteiger partial charge in [-0.15, -0.1) is 10.2 Å². The number of anilines is 3. The zero-order valence-corrected chi connectivity index (χ0v) is 17.6. The minimum atomic E-state index is -3.33. The molecule has 1 aliphatic heterocycles. The summed E-state index contributed by atoms with van der Waals surface area (Å²) in [4.78, 5) is 6.35. The van der Waals surface area contributed by atoms with Gasteiger partial charge in [0, 0.05) is 32.4 Å². The Bertz CT molecular complexity index is 1060. The first-order valence-electron chi connectivity index (χ1n) is 9.80. The Morgan fingerprint density at radius 2 is 1.63 bits per heavy atom. The number of hydrogen-bond acceptors (Lipinski definition) is 7. The predicted molar refractivity (Wildman–Crippen MR) is 117 cm³/mol. The Morgan fingerprint density at radius 1 is 0.900 bits per heavy atom. The van der Waals surface area contributed by atoms with Crippen LogP contribution in [-0.4, -0.2) is 54.1 Å². The molecule has 0 radical (unpaired) electrons. The maximum atomic E-state index is 12.7. The maximum Gasteiger partial charge on any atom is 0.218 e. The number of nitrogens with one attached hydrogen (secondary N) is 1. The van der Waals surface area contributed by atoms with Crippen LogP contribution in [0.25, 0.3) is 0 Å². The Labute approximate surface area is 176 Å². The van der Waals surface area contributed by atoms with Crippen LogP contribution in [-0.2, 0) is 15.8 Å². The van der Waals surface area contributed by atoms with Gasteiger partial charge in [-0.2, -0.15) is 4.31 Å². The molecule has 0 amide bonds. The van der Waals surface area contributed by atoms with Gasteiger partial charge in [0.05, 0.1) is 5.75 Å². The van der Waals surface area contributed by atoms with Crippen LogP contribution < -0.4 is 10.2 Å². The summed E-state index contributed by atoms with van der Waals surface area (Å²) >= 11 is 0. The van der Waals surface area contributed by atoms with E-state index in [9.17, 15) is 8.42 Å². The fourth-order valence-corrected chi connectivity index (χ4v) is 4.82. The first-order valence-corrected chi connectivity index (χ1v) is 11.4. The van der Waals surface area contributed by atoms with E-state index in [4.69, 9.17) is 0 Å². The molecular weight excluding hydrogens is 400 g/mol. The van der Waals surface area contributed by atoms with E-state index < -0.39 is 10.0 Å². The van der Waals surface area contributed by atoms with E-state index in [2.05, 4.69) is 25.4 Å². The summed E-state index contributed by atoms with van der Waals surface area (Å²) in [6.45, 7) is 4.01. The normalized spacial score (nSPS) is 15.2. The number of benzene rings is 1. The molecule has 8 nitrogen and oxygen atoms in total. The molecule has 3 heterocycles. The molecular formula is C21H24N6O2S. The van der Waals surface area contributed by atoms with Crippen LogP contribution in [0.4, 0.5) is 17.5 Å². The molecule has 1 aromatic carbocycles. The molecule has 0 atom stereocenters. The second-order valence-corrected chi connectivity index (χ2v) is 9.22. The second kappa shape index (κ2) is 8.76. The molecule has 1 saturated heterocycles. The number of hydrogen-bond donors (Lipinski definition) is 1. The van der Waals surface area contributed by atoms with Crippen molar-refractivity contribution in [3.05, 3.63) is 71.9 Å². The van der Waals surface area contributed by atoms with Crippen molar-refractivity contribution in [2.24, 2.45) is 0 Å². The Morgan fingerprint density at radius 3 is 2.27 bits per heavy atom. The lowest BCUT2D eigenvalue weighted by Gasteiger charge is -2.34. The molecule has 1 N–H and O–H groups in total. The highest BCUT2D eigenvalue weighted by Gasteiger charge is 2.27. The first-order chi connectivity index (χ1) is 14.5. The Kier molecular flexibility index (Phi) is 5.91. The molecule has 0 saturated carbocycles. The molecule has 1 fully saturated rings. The van der Waals surface area contributed by atoms with Crippen molar-refractivity contribution in [2.75, 3.05) is 36.4 Å². The molecule has 1 aliphatic rings. The van der Waals surface area contributed by atoms with Crippen LogP contribution >= 0.6 is 0 Å². The summed E-state index contributed by atoms with van der Waals surface area (Å²) in [5.41, 5.74) is 1.89. The molecule has 0 aliphatic carbocycles. The Balaban J connectivity index is 1.34. The van der Waals surface area contributed by atoms with E-state index in [1.165, 1.54) is 0 Å². The lowest BCUT2D eigenvalue weighted by Crippen LogP contribution is -2.49. The molecule has 0 spiro atoms. The first kappa shape index (κ1) is 20.2. The number of piperazine rings is 1. The van der Waals surface area contributed by atoms with Crippen molar-refractivity contribution < 1.29 is 8.42 Å². The van der Waals surface area contributed by atoms with Crippen molar-refractivity contribution >= 4 is 27.5 Å². The summed E-state index contributed by atoms with van der Waals surface area (Å²) in [6, 6.07) is 16.9. The summed E-state index contributed by atoms with van der Waals surface area (Å²) in [7, 11) is -3.33. The molecule has 0 bridgehead atoms. The molecule has 30 heavy (non-hydrogen) atoms. The second-order valence-electron chi connectivity index (χ2n) is 7.25. The van der Waals surface area contributed by atoms with Crippen molar-refractivity contribution in [1.29, 1.82) is 0 Å². The monoisotopic (exact) mass is 424 g/mol. The average Bonchev–Trinajstić information content (AvgIpc) is 2.76. The molecule has 156 valence electrons. The van der Waals surface area contributed by atoms with Gasteiger partial charge >= 0.3 is 0 Å². The van der Waals surface area contributed by atoms with Crippen LogP contribution in [0, 0.1) is 6.92 Å². The van der Waals surface area contributed by atoms with Crippen molar-refractivity contribution in [1.82, 2.24) is 19.5 Å². The maximum absolute atomic E-state index is 12.7. The van der Waals surface area contributed by atoms with E-state index in [0.717, 1.165) is 16.9 Å². The summed E-state index contributed by atoms with van der Waals surface area (Å²) in [5.74, 6) is 2.08. The van der Waals surface area contributed by atoms with E-state index in [-0.39, 0.29) is 5.75 Å².